The molecule has 33 heavy (non-hydrogen) atoms. The minimum atomic E-state index is -0.488. The molecule has 0 N–H and O–H groups in total. The number of halogens is 1. The monoisotopic (exact) mass is 447 g/mol. The van der Waals surface area contributed by atoms with E-state index in [4.69, 9.17) is 4.98 Å². The molecule has 5 rings (SSSR count). The van der Waals surface area contributed by atoms with Crippen LogP contribution in [0.15, 0.2) is 61.3 Å². The Hall–Kier alpha value is -3.06. The molecule has 0 bridgehead atoms. The predicted octanol–water partition coefficient (Wildman–Crippen LogP) is 4.02. The van der Waals surface area contributed by atoms with E-state index in [1.165, 1.54) is 12.1 Å². The summed E-state index contributed by atoms with van der Waals surface area (Å²) in [6, 6.07) is 10.9. The molecule has 2 saturated heterocycles. The van der Waals surface area contributed by atoms with E-state index in [1.54, 1.807) is 6.20 Å². The van der Waals surface area contributed by atoms with Gasteiger partial charge in [0.15, 0.2) is 0 Å². The zero-order chi connectivity index (χ0) is 23.0. The van der Waals surface area contributed by atoms with Crippen LogP contribution >= 0.6 is 0 Å². The highest BCUT2D eigenvalue weighted by Gasteiger charge is 2.57. The summed E-state index contributed by atoms with van der Waals surface area (Å²) >= 11 is 0. The Morgan fingerprint density at radius 2 is 1.97 bits per heavy atom. The number of hydrogen-bond acceptors (Lipinski definition) is 4. The number of likely N-dealkylation sites (tertiary alicyclic amines) is 2. The number of rotatable bonds is 6. The first-order valence-electron chi connectivity index (χ1n) is 11.6. The van der Waals surface area contributed by atoms with E-state index in [1.807, 2.05) is 41.7 Å². The Kier molecular flexibility index (Phi) is 5.74. The maximum absolute atomic E-state index is 13.9. The number of carbonyl (C=O) groups is 1. The number of carbonyl (C=O) groups excluding carboxylic acids is 1. The van der Waals surface area contributed by atoms with Crippen LogP contribution in [0.2, 0.25) is 0 Å². The second kappa shape index (κ2) is 8.71. The molecular formula is C26H30FN5O. The van der Waals surface area contributed by atoms with Gasteiger partial charge >= 0.3 is 0 Å². The van der Waals surface area contributed by atoms with Crippen molar-refractivity contribution >= 4 is 5.91 Å². The summed E-state index contributed by atoms with van der Waals surface area (Å²) in [6.07, 6.45) is 8.38. The topological polar surface area (TPSA) is 54.3 Å². The minimum absolute atomic E-state index is 0.0318. The lowest BCUT2D eigenvalue weighted by Gasteiger charge is -2.28. The molecule has 0 radical (unpaired) electrons. The lowest BCUT2D eigenvalue weighted by atomic mass is 9.75. The van der Waals surface area contributed by atoms with Gasteiger partial charge in [-0.25, -0.2) is 9.37 Å². The van der Waals surface area contributed by atoms with Gasteiger partial charge in [-0.15, -0.1) is 0 Å². The molecule has 3 aromatic rings. The lowest BCUT2D eigenvalue weighted by molar-refractivity contribution is -0.136. The highest BCUT2D eigenvalue weighted by Crippen LogP contribution is 2.50. The van der Waals surface area contributed by atoms with Crippen molar-refractivity contribution in [3.05, 3.63) is 84.0 Å². The van der Waals surface area contributed by atoms with Gasteiger partial charge in [0.1, 0.15) is 5.82 Å². The fourth-order valence-electron chi connectivity index (χ4n) is 5.36. The SMILES string of the molecule is CC(C)n1cnc([C@H]2CN(Cc3ccc(F)cc3)C[C@@]23CCN(Cc2cccnc2)C3=O)c1. The Morgan fingerprint density at radius 3 is 2.67 bits per heavy atom. The quantitative estimate of drug-likeness (QED) is 0.573. The van der Waals surface area contributed by atoms with Crippen LogP contribution < -0.4 is 0 Å². The van der Waals surface area contributed by atoms with E-state index in [9.17, 15) is 9.18 Å². The molecule has 6 nitrogen and oxygen atoms in total. The van der Waals surface area contributed by atoms with Gasteiger partial charge < -0.3 is 9.47 Å². The summed E-state index contributed by atoms with van der Waals surface area (Å²) in [7, 11) is 0. The van der Waals surface area contributed by atoms with Crippen molar-refractivity contribution in [2.45, 2.75) is 45.3 Å². The fraction of sp³-hybridized carbons (Fsp3) is 0.423. The van der Waals surface area contributed by atoms with Gasteiger partial charge in [0.2, 0.25) is 5.91 Å². The van der Waals surface area contributed by atoms with Gasteiger partial charge in [-0.1, -0.05) is 18.2 Å². The van der Waals surface area contributed by atoms with Crippen LogP contribution in [0.5, 0.6) is 0 Å². The van der Waals surface area contributed by atoms with Crippen LogP contribution in [0.1, 0.15) is 49.0 Å². The Morgan fingerprint density at radius 1 is 1.15 bits per heavy atom. The molecule has 2 aliphatic rings. The standard InChI is InChI=1S/C26H30FN5O/c1-19(2)32-16-24(29-18-32)23-15-30(13-20-5-7-22(27)8-6-20)17-26(23)9-11-31(25(26)33)14-21-4-3-10-28-12-21/h3-8,10,12,16,18-19,23H,9,11,13-15,17H2,1-2H3/t23-,26+/m1/s1. The number of imidazole rings is 1. The molecule has 0 aliphatic carbocycles. The molecule has 2 aliphatic heterocycles. The van der Waals surface area contributed by atoms with Gasteiger partial charge in [-0.2, -0.15) is 0 Å². The van der Waals surface area contributed by atoms with E-state index >= 15 is 0 Å². The van der Waals surface area contributed by atoms with Crippen molar-refractivity contribution < 1.29 is 9.18 Å². The zero-order valence-electron chi connectivity index (χ0n) is 19.2. The van der Waals surface area contributed by atoms with Gasteiger partial charge in [0, 0.05) is 63.3 Å². The summed E-state index contributed by atoms with van der Waals surface area (Å²) in [4.78, 5) is 27.1. The average Bonchev–Trinajstić information content (AvgIpc) is 3.51. The molecule has 1 spiro atoms. The van der Waals surface area contributed by atoms with Gasteiger partial charge in [-0.05, 0) is 49.6 Å². The molecular weight excluding hydrogens is 417 g/mol. The first kappa shape index (κ1) is 21.8. The van der Waals surface area contributed by atoms with Crippen molar-refractivity contribution in [1.82, 2.24) is 24.3 Å². The molecule has 0 unspecified atom stereocenters. The van der Waals surface area contributed by atoms with E-state index in [0.717, 1.165) is 36.3 Å². The molecule has 172 valence electrons. The minimum Gasteiger partial charge on any atom is -0.338 e. The highest BCUT2D eigenvalue weighted by molar-refractivity contribution is 5.86. The van der Waals surface area contributed by atoms with Crippen molar-refractivity contribution in [2.24, 2.45) is 5.41 Å². The van der Waals surface area contributed by atoms with Gasteiger partial charge in [0.05, 0.1) is 17.4 Å². The lowest BCUT2D eigenvalue weighted by Crippen LogP contribution is -2.39. The first-order chi connectivity index (χ1) is 15.9. The summed E-state index contributed by atoms with van der Waals surface area (Å²) in [6.45, 7) is 7.73. The van der Waals surface area contributed by atoms with Crippen LogP contribution in [0, 0.1) is 11.2 Å². The zero-order valence-corrected chi connectivity index (χ0v) is 19.2. The molecule has 2 atom stereocenters. The second-order valence-corrected chi connectivity index (χ2v) is 9.68. The van der Waals surface area contributed by atoms with Gasteiger partial charge in [0.25, 0.3) is 0 Å². The van der Waals surface area contributed by atoms with Gasteiger partial charge in [-0.3, -0.25) is 14.7 Å². The maximum Gasteiger partial charge on any atom is 0.231 e. The van der Waals surface area contributed by atoms with Crippen LogP contribution in [0.4, 0.5) is 4.39 Å². The van der Waals surface area contributed by atoms with E-state index < -0.39 is 5.41 Å². The summed E-state index contributed by atoms with van der Waals surface area (Å²) in [5.41, 5.74) is 2.60. The summed E-state index contributed by atoms with van der Waals surface area (Å²) in [5.74, 6) is 0.00663. The highest BCUT2D eigenvalue weighted by atomic mass is 19.1. The molecule has 1 amide bonds. The molecule has 0 saturated carbocycles. The molecule has 2 aromatic heterocycles. The van der Waals surface area contributed by atoms with E-state index in [0.29, 0.717) is 25.7 Å². The normalized spacial score (nSPS) is 23.3. The number of aromatic nitrogens is 3. The number of pyridine rings is 1. The number of nitrogens with zero attached hydrogens (tertiary/aromatic N) is 5. The van der Waals surface area contributed by atoms with Crippen molar-refractivity contribution in [1.29, 1.82) is 0 Å². The molecule has 7 heteroatoms. The molecule has 4 heterocycles. The van der Waals surface area contributed by atoms with E-state index in [-0.39, 0.29) is 17.6 Å². The maximum atomic E-state index is 13.9. The van der Waals surface area contributed by atoms with Crippen LogP contribution in [0.3, 0.4) is 0 Å². The van der Waals surface area contributed by atoms with Crippen molar-refractivity contribution in [3.8, 4) is 0 Å². The molecule has 1 aromatic carbocycles. The van der Waals surface area contributed by atoms with Crippen molar-refractivity contribution in [3.63, 3.8) is 0 Å². The third kappa shape index (κ3) is 4.17. The smallest absolute Gasteiger partial charge is 0.231 e. The number of hydrogen-bond donors (Lipinski definition) is 0. The molecule has 2 fully saturated rings. The van der Waals surface area contributed by atoms with Crippen LogP contribution in [0.25, 0.3) is 0 Å². The van der Waals surface area contributed by atoms with Crippen LogP contribution in [-0.4, -0.2) is 49.9 Å². The Labute approximate surface area is 194 Å². The Bertz CT molecular complexity index is 1110. The third-order valence-corrected chi connectivity index (χ3v) is 7.14. The second-order valence-electron chi connectivity index (χ2n) is 9.68. The number of benzene rings is 1. The first-order valence-corrected chi connectivity index (χ1v) is 11.6. The number of amides is 1. The van der Waals surface area contributed by atoms with E-state index in [2.05, 4.69) is 34.5 Å². The summed E-state index contributed by atoms with van der Waals surface area (Å²) in [5, 5.41) is 0. The van der Waals surface area contributed by atoms with Crippen LogP contribution in [-0.2, 0) is 17.9 Å². The predicted molar refractivity (Wildman–Crippen MR) is 124 cm³/mol. The largest absolute Gasteiger partial charge is 0.338 e. The third-order valence-electron chi connectivity index (χ3n) is 7.14. The fourth-order valence-corrected chi connectivity index (χ4v) is 5.36. The average molecular weight is 448 g/mol. The van der Waals surface area contributed by atoms with Crippen molar-refractivity contribution in [2.75, 3.05) is 19.6 Å². The summed E-state index contributed by atoms with van der Waals surface area (Å²) < 4.78 is 15.5. The Balaban J connectivity index is 1.42.